The van der Waals surface area contributed by atoms with E-state index in [0.717, 1.165) is 51.9 Å². The quantitative estimate of drug-likeness (QED) is 0.0153. The fourth-order valence-corrected chi connectivity index (χ4v) is 9.11. The number of ketones is 4. The second-order valence-electron chi connectivity index (χ2n) is 36.1. The molecule has 24 nitrogen and oxygen atoms in total. The van der Waals surface area contributed by atoms with Crippen LogP contribution in [0.4, 0.5) is 0 Å². The largest absolute Gasteiger partial charge is 0.458 e. The first-order chi connectivity index (χ1) is 51.9. The molecule has 115 heavy (non-hydrogen) atoms. The molecule has 0 bridgehead atoms. The van der Waals surface area contributed by atoms with Crippen molar-refractivity contribution in [1.29, 1.82) is 0 Å². The molecule has 0 aliphatic rings. The molecule has 0 aromatic carbocycles. The van der Waals surface area contributed by atoms with Crippen molar-refractivity contribution in [3.05, 3.63) is 134 Å². The molecule has 0 aliphatic heterocycles. The number of nitrogens with zero attached hydrogens (tertiary/aromatic N) is 1. The van der Waals surface area contributed by atoms with Crippen molar-refractivity contribution in [2.75, 3.05) is 72.0 Å². The molecule has 0 heterocycles. The highest BCUT2D eigenvalue weighted by Crippen LogP contribution is 2.17. The molecule has 0 rings (SSSR count). The van der Waals surface area contributed by atoms with E-state index in [1.807, 2.05) is 62.3 Å². The van der Waals surface area contributed by atoms with Crippen LogP contribution in [0.3, 0.4) is 0 Å². The number of Topliss-reactive ketones (excluding diaryl/α,β-unsaturated/α-hetero) is 4. The van der Waals surface area contributed by atoms with Crippen LogP contribution in [0.5, 0.6) is 0 Å². The van der Waals surface area contributed by atoms with E-state index in [0.29, 0.717) is 120 Å². The maximum Gasteiger partial charge on any atom is 0.333 e. The van der Waals surface area contributed by atoms with Crippen molar-refractivity contribution in [3.8, 4) is 0 Å². The molecule has 0 aromatic heterocycles. The summed E-state index contributed by atoms with van der Waals surface area (Å²) in [6.45, 7) is 101. The lowest BCUT2D eigenvalue weighted by Gasteiger charge is -2.41. The van der Waals surface area contributed by atoms with Crippen LogP contribution >= 0.6 is 0 Å². The lowest BCUT2D eigenvalue weighted by molar-refractivity contribution is -0.145. The van der Waals surface area contributed by atoms with Gasteiger partial charge in [0.25, 0.3) is 0 Å². The maximum absolute atomic E-state index is 12.0. The molecular weight excluding hydrogens is 1450 g/mol. The predicted octanol–water partition coefficient (Wildman–Crippen LogP) is 12.8. The van der Waals surface area contributed by atoms with Gasteiger partial charge in [-0.2, -0.15) is 0 Å². The Morgan fingerprint density at radius 2 is 0.626 bits per heavy atom. The molecule has 0 radical (unpaired) electrons. The third kappa shape index (κ3) is 73.3. The van der Waals surface area contributed by atoms with Gasteiger partial charge in [0.2, 0.25) is 35.4 Å². The zero-order valence-electron chi connectivity index (χ0n) is 77.4. The van der Waals surface area contributed by atoms with Crippen LogP contribution in [0.1, 0.15) is 259 Å². The summed E-state index contributed by atoms with van der Waals surface area (Å²) in [4.78, 5) is 130. The Labute approximate surface area is 697 Å². The monoisotopic (exact) mass is 1620 g/mol. The number of carbonyl (C=O) groups is 11. The van der Waals surface area contributed by atoms with E-state index in [2.05, 4.69) is 198 Å². The Balaban J connectivity index is -0.000000315. The number of allylic oxidation sites excluding steroid dienone is 4. The Morgan fingerprint density at radius 3 is 0.930 bits per heavy atom. The van der Waals surface area contributed by atoms with Gasteiger partial charge in [-0.15, -0.1) is 0 Å². The molecule has 0 aliphatic carbocycles. The minimum absolute atomic E-state index is 0.000221. The SMILES string of the molecule is C=C(C)C(=O)CCC(CNC(C)(C)C)OC(=O)C(=C)C.C=C(C)C(=O)CCCCNC(C)(C)C.C=C(C)C(=O)CCCN(CCNC(=O)C(=C)C)C(C)(C)C.C=C(C)C(=O)CCCNC(C)(C)C.C=C(C)C(=O)NCC(CNC(=O)C(=C)C)(CNC(=O)C(=C)C)NC(C)(C)C.C=C(C)C(=O)NCC(CNC(=O)C(=C)C)NC(C)(C)C. The summed E-state index contributed by atoms with van der Waals surface area (Å²) in [5.74, 6) is -1.30. The Morgan fingerprint density at radius 1 is 0.313 bits per heavy atom. The van der Waals surface area contributed by atoms with E-state index >= 15 is 0 Å². The smallest absolute Gasteiger partial charge is 0.333 e. The van der Waals surface area contributed by atoms with Crippen molar-refractivity contribution in [3.63, 3.8) is 0 Å². The molecule has 1 unspecified atom stereocenters. The van der Waals surface area contributed by atoms with E-state index in [4.69, 9.17) is 4.74 Å². The highest BCUT2D eigenvalue weighted by atomic mass is 16.5. The molecule has 0 saturated carbocycles. The molecule has 0 fully saturated rings. The minimum atomic E-state index is -0.834. The molecule has 6 amide bonds. The van der Waals surface area contributed by atoms with Crippen LogP contribution in [-0.2, 0) is 57.5 Å². The highest BCUT2D eigenvalue weighted by Gasteiger charge is 2.36. The van der Waals surface area contributed by atoms with E-state index in [-0.39, 0.29) is 124 Å². The second-order valence-corrected chi connectivity index (χ2v) is 36.1. The van der Waals surface area contributed by atoms with Gasteiger partial charge >= 0.3 is 5.97 Å². The third-order valence-electron chi connectivity index (χ3n) is 15.6. The summed E-state index contributed by atoms with van der Waals surface area (Å²) in [6.07, 6.45) is 5.94. The zero-order chi connectivity index (χ0) is 91.6. The van der Waals surface area contributed by atoms with Gasteiger partial charge in [0.1, 0.15) is 6.10 Å². The number of hydrogen-bond acceptors (Lipinski definition) is 18. The Hall–Kier alpha value is -8.13. The first kappa shape index (κ1) is 118. The molecular formula is C91H162N12O12. The number of ether oxygens (including phenoxy) is 1. The molecule has 1 atom stereocenters. The predicted molar refractivity (Wildman–Crippen MR) is 479 cm³/mol. The fourth-order valence-electron chi connectivity index (χ4n) is 9.11. The van der Waals surface area contributed by atoms with Crippen LogP contribution in [0.15, 0.2) is 134 Å². The third-order valence-corrected chi connectivity index (χ3v) is 15.6. The molecule has 11 N–H and O–H groups in total. The van der Waals surface area contributed by atoms with Crippen molar-refractivity contribution >= 4 is 64.5 Å². The first-order valence-corrected chi connectivity index (χ1v) is 39.8. The Bertz CT molecular complexity index is 3160. The van der Waals surface area contributed by atoms with Gasteiger partial charge in [-0.05, 0) is 275 Å². The number of nitrogens with one attached hydrogen (secondary N) is 11. The molecule has 24 heteroatoms. The number of carbonyl (C=O) groups excluding carboxylic acids is 11. The van der Waals surface area contributed by atoms with Crippen LogP contribution in [-0.4, -0.2) is 192 Å². The maximum atomic E-state index is 12.0. The summed E-state index contributed by atoms with van der Waals surface area (Å²) < 4.78 is 5.35. The van der Waals surface area contributed by atoms with E-state index < -0.39 is 11.5 Å². The number of hydrogen-bond donors (Lipinski definition) is 11. The summed E-state index contributed by atoms with van der Waals surface area (Å²) in [6, 6.07) is -0.0680. The Kier molecular flexibility index (Phi) is 60.1. The van der Waals surface area contributed by atoms with Crippen molar-refractivity contribution in [2.45, 2.75) is 309 Å². The number of esters is 1. The van der Waals surface area contributed by atoms with Gasteiger partial charge in [0, 0.05) is 156 Å². The standard InChI is InChI=1S/C20H34N4O3.C17H30N2O2.C16H27NO3.C15H27N3O2.C12H23NO.C11H21NO/c1-13(2)16(25)21-10-20(24-19(7,8)9,11-22-17(26)14(3)4)12-23-18(27)15(5)6;1-13(2)15(20)9-8-11-19(17(5,6)7)12-10-18-16(21)14(3)4;1-11(2)14(18)9-8-13(10-17-16(5,6)7)20-15(19)12(3)4;1-10(2)13(19)16-8-12(18-15(5,6)7)9-17-14(20)11(3)4;1-10(2)11(14)8-6-7-9-13-12(3,4)5;1-9(2)10(13)7-6-8-12-11(3,4)5/h24H,1,3,5,10-12H2,2,4,6-9H3,(H,21,25)(H,22,26)(H,23,27);1,3,8-12H2,2,4-7H3,(H,18,21);13,17H,1,3,8-10H2,2,4-7H3;12,18H,1,3,8-9H2,2,4-7H3,(H,16,19)(H,17,20);13H,1,6-9H2,2-5H3;12H,1,6-8H2,2-5H3. The van der Waals surface area contributed by atoms with Gasteiger partial charge in [0.15, 0.2) is 23.1 Å². The van der Waals surface area contributed by atoms with E-state index in [1.54, 1.807) is 76.2 Å². The number of amides is 6. The highest BCUT2D eigenvalue weighted by molar-refractivity contribution is 5.97. The van der Waals surface area contributed by atoms with Crippen molar-refractivity contribution in [2.24, 2.45) is 0 Å². The summed E-state index contributed by atoms with van der Waals surface area (Å²) in [7, 11) is 0. The molecule has 658 valence electrons. The summed E-state index contributed by atoms with van der Waals surface area (Å²) >= 11 is 0. The summed E-state index contributed by atoms with van der Waals surface area (Å²) in [5, 5.41) is 33.6. The lowest BCUT2D eigenvalue weighted by Crippen LogP contribution is -2.68. The molecule has 0 spiro atoms. The zero-order valence-corrected chi connectivity index (χ0v) is 77.4. The van der Waals surface area contributed by atoms with Crippen LogP contribution < -0.4 is 58.5 Å². The number of unbranched alkanes of at least 4 members (excludes halogenated alkanes) is 1. The topological polar surface area (TPSA) is 333 Å². The van der Waals surface area contributed by atoms with Crippen molar-refractivity contribution < 1.29 is 57.5 Å². The van der Waals surface area contributed by atoms with Gasteiger partial charge in [-0.25, -0.2) is 4.79 Å². The average molecular weight is 1620 g/mol. The van der Waals surface area contributed by atoms with Crippen LogP contribution in [0, 0.1) is 0 Å². The van der Waals surface area contributed by atoms with Gasteiger partial charge in [-0.3, -0.25) is 52.8 Å². The van der Waals surface area contributed by atoms with Crippen LogP contribution in [0.2, 0.25) is 0 Å². The van der Waals surface area contributed by atoms with Gasteiger partial charge < -0.3 is 63.2 Å². The van der Waals surface area contributed by atoms with Crippen molar-refractivity contribution in [1.82, 2.24) is 63.4 Å². The van der Waals surface area contributed by atoms with Gasteiger partial charge in [-0.1, -0.05) is 72.4 Å². The minimum Gasteiger partial charge on any atom is -0.458 e. The number of rotatable bonds is 45. The molecule has 0 saturated heterocycles. The average Bonchev–Trinajstić information content (AvgIpc) is 0.830. The molecule has 0 aromatic rings. The van der Waals surface area contributed by atoms with E-state index in [1.165, 1.54) is 0 Å². The normalized spacial score (nSPS) is 11.5. The van der Waals surface area contributed by atoms with Crippen LogP contribution in [0.25, 0.3) is 0 Å². The lowest BCUT2D eigenvalue weighted by atomic mass is 9.93. The fraction of sp³-hybridized carbons (Fsp3) is 0.637. The summed E-state index contributed by atoms with van der Waals surface area (Å²) in [5.41, 5.74) is 4.34. The first-order valence-electron chi connectivity index (χ1n) is 39.8. The second kappa shape index (κ2) is 58.7. The van der Waals surface area contributed by atoms with E-state index in [9.17, 15) is 52.7 Å². The van der Waals surface area contributed by atoms with Gasteiger partial charge in [0.05, 0.1) is 5.54 Å².